The predicted octanol–water partition coefficient (Wildman–Crippen LogP) is -0.320. The van der Waals surface area contributed by atoms with E-state index in [1.54, 1.807) is 0 Å². The fourth-order valence-electron chi connectivity index (χ4n) is 0.428. The van der Waals surface area contributed by atoms with Gasteiger partial charge in [-0.3, -0.25) is 4.98 Å². The molecule has 1 rings (SSSR count). The third kappa shape index (κ3) is 1.26. The van der Waals surface area contributed by atoms with Crippen LogP contribution in [0, 0.1) is 5.21 Å². The molecule has 9 heavy (non-hydrogen) atoms. The van der Waals surface area contributed by atoms with Crippen LogP contribution >= 0.6 is 0 Å². The van der Waals surface area contributed by atoms with Gasteiger partial charge in [0.1, 0.15) is 0 Å². The standard InChI is InChI=1S/C4H4N3O2/c8-4-5-2-1-3(6-4)7-9/h1-2H,(H2-,5,6,7,8,9)/q-1. The minimum absolute atomic E-state index is 0.120. The number of hydrogen-bond donors (Lipinski definition) is 2. The molecule has 2 N–H and O–H groups in total. The maximum Gasteiger partial charge on any atom is 0.346 e. The molecule has 0 radical (unpaired) electrons. The van der Waals surface area contributed by atoms with Crippen LogP contribution in [0.4, 0.5) is 5.82 Å². The normalized spacial score (nSPS) is 9.00. The molecule has 0 aromatic carbocycles. The van der Waals surface area contributed by atoms with E-state index in [4.69, 9.17) is 0 Å². The van der Waals surface area contributed by atoms with Gasteiger partial charge in [0.15, 0.2) is 0 Å². The van der Waals surface area contributed by atoms with Crippen molar-refractivity contribution in [2.45, 2.75) is 0 Å². The summed E-state index contributed by atoms with van der Waals surface area (Å²) in [6, 6.07) is 1.37. The lowest BCUT2D eigenvalue weighted by atomic mass is 10.6. The van der Waals surface area contributed by atoms with E-state index in [-0.39, 0.29) is 5.82 Å². The highest BCUT2D eigenvalue weighted by atomic mass is 16.5. The maximum atomic E-state index is 10.3. The molecular weight excluding hydrogens is 122 g/mol. The van der Waals surface area contributed by atoms with Gasteiger partial charge in [0.05, 0.1) is 5.82 Å². The fraction of sp³-hybridized carbons (Fsp3) is 0. The van der Waals surface area contributed by atoms with Crippen molar-refractivity contribution < 1.29 is 0 Å². The second-order valence-corrected chi connectivity index (χ2v) is 1.39. The monoisotopic (exact) mass is 126 g/mol. The Bertz CT molecular complexity index is 244. The zero-order chi connectivity index (χ0) is 6.69. The Kier molecular flexibility index (Phi) is 1.46. The van der Waals surface area contributed by atoms with Crippen molar-refractivity contribution >= 4 is 5.82 Å². The largest absolute Gasteiger partial charge is 0.760 e. The van der Waals surface area contributed by atoms with Gasteiger partial charge < -0.3 is 10.7 Å². The van der Waals surface area contributed by atoms with Gasteiger partial charge in [-0.1, -0.05) is 0 Å². The first-order valence-electron chi connectivity index (χ1n) is 2.26. The zero-order valence-corrected chi connectivity index (χ0v) is 4.42. The average Bonchev–Trinajstić information content (AvgIpc) is 1.88. The quantitative estimate of drug-likeness (QED) is 0.505. The van der Waals surface area contributed by atoms with E-state index < -0.39 is 5.69 Å². The second kappa shape index (κ2) is 2.27. The molecule has 5 nitrogen and oxygen atoms in total. The van der Waals surface area contributed by atoms with Crippen LogP contribution < -0.4 is 11.2 Å². The Labute approximate surface area is 50.3 Å². The van der Waals surface area contributed by atoms with Crippen molar-refractivity contribution in [2.24, 2.45) is 0 Å². The number of H-pyrrole nitrogens is 1. The summed E-state index contributed by atoms with van der Waals surface area (Å²) in [5, 5.41) is 9.84. The molecule has 0 saturated carbocycles. The molecule has 0 spiro atoms. The van der Waals surface area contributed by atoms with Crippen molar-refractivity contribution in [1.29, 1.82) is 0 Å². The highest BCUT2D eigenvalue weighted by Gasteiger charge is 1.82. The van der Waals surface area contributed by atoms with Crippen LogP contribution in [0.2, 0.25) is 0 Å². The number of rotatable bonds is 1. The number of aromatic amines is 1. The van der Waals surface area contributed by atoms with E-state index in [1.165, 1.54) is 17.7 Å². The molecule has 0 aliphatic rings. The van der Waals surface area contributed by atoms with Crippen LogP contribution in [0.15, 0.2) is 17.1 Å². The van der Waals surface area contributed by atoms with Crippen LogP contribution in [0.25, 0.3) is 0 Å². The summed E-state index contributed by atoms with van der Waals surface area (Å²) < 4.78 is 0. The van der Waals surface area contributed by atoms with Gasteiger partial charge in [0.25, 0.3) is 0 Å². The molecule has 0 atom stereocenters. The maximum absolute atomic E-state index is 10.3. The SMILES string of the molecule is O=c1nccc(N[O-])[nH]1. The lowest BCUT2D eigenvalue weighted by Gasteiger charge is -2.05. The second-order valence-electron chi connectivity index (χ2n) is 1.39. The van der Waals surface area contributed by atoms with Gasteiger partial charge in [-0.25, -0.2) is 9.78 Å². The van der Waals surface area contributed by atoms with Crippen LogP contribution in [-0.2, 0) is 0 Å². The fourth-order valence-corrected chi connectivity index (χ4v) is 0.428. The van der Waals surface area contributed by atoms with E-state index in [0.717, 1.165) is 0 Å². The first-order chi connectivity index (χ1) is 4.33. The molecule has 0 unspecified atom stereocenters. The third-order valence-electron chi connectivity index (χ3n) is 0.785. The predicted molar refractivity (Wildman–Crippen MR) is 31.8 cm³/mol. The average molecular weight is 126 g/mol. The van der Waals surface area contributed by atoms with Gasteiger partial charge in [0, 0.05) is 6.20 Å². The van der Waals surface area contributed by atoms with E-state index in [1.807, 2.05) is 0 Å². The van der Waals surface area contributed by atoms with Crippen molar-refractivity contribution in [3.05, 3.63) is 28.0 Å². The number of anilines is 1. The molecule has 0 fully saturated rings. The van der Waals surface area contributed by atoms with Crippen molar-refractivity contribution in [2.75, 3.05) is 5.48 Å². The first kappa shape index (κ1) is 5.77. The van der Waals surface area contributed by atoms with E-state index in [0.29, 0.717) is 0 Å². The lowest BCUT2D eigenvalue weighted by molar-refractivity contribution is 1.08. The summed E-state index contributed by atoms with van der Waals surface area (Å²) in [6.07, 6.45) is 1.25. The highest BCUT2D eigenvalue weighted by Crippen LogP contribution is 1.91. The third-order valence-corrected chi connectivity index (χ3v) is 0.785. The minimum Gasteiger partial charge on any atom is -0.760 e. The molecule has 0 bridgehead atoms. The van der Waals surface area contributed by atoms with Gasteiger partial charge in [-0.2, -0.15) is 0 Å². The minimum atomic E-state index is -0.532. The molecule has 0 aliphatic carbocycles. The molecular formula is C4H4N3O2-. The van der Waals surface area contributed by atoms with Crippen molar-refractivity contribution in [3.8, 4) is 0 Å². The van der Waals surface area contributed by atoms with Crippen LogP contribution in [0.1, 0.15) is 0 Å². The van der Waals surface area contributed by atoms with Crippen molar-refractivity contribution in [1.82, 2.24) is 9.97 Å². The van der Waals surface area contributed by atoms with Gasteiger partial charge in [-0.15, -0.1) is 0 Å². The summed E-state index contributed by atoms with van der Waals surface area (Å²) in [6.45, 7) is 0. The lowest BCUT2D eigenvalue weighted by Crippen LogP contribution is -2.09. The molecule has 1 aromatic rings. The molecule has 5 heteroatoms. The number of aromatic nitrogens is 2. The summed E-state index contributed by atoms with van der Waals surface area (Å²) in [4.78, 5) is 15.8. The Morgan fingerprint density at radius 3 is 3.00 bits per heavy atom. The zero-order valence-electron chi connectivity index (χ0n) is 4.42. The molecule has 0 saturated heterocycles. The molecule has 1 heterocycles. The van der Waals surface area contributed by atoms with Gasteiger partial charge >= 0.3 is 5.69 Å². The number of nitrogens with zero attached hydrogens (tertiary/aromatic N) is 1. The summed E-state index contributed by atoms with van der Waals surface area (Å²) in [7, 11) is 0. The van der Waals surface area contributed by atoms with Crippen LogP contribution in [0.3, 0.4) is 0 Å². The van der Waals surface area contributed by atoms with E-state index >= 15 is 0 Å². The number of hydrogen-bond acceptors (Lipinski definition) is 4. The number of nitrogens with one attached hydrogen (secondary N) is 2. The molecule has 48 valence electrons. The highest BCUT2D eigenvalue weighted by molar-refractivity contribution is 5.31. The van der Waals surface area contributed by atoms with Gasteiger partial charge in [-0.05, 0) is 6.07 Å². The Morgan fingerprint density at radius 2 is 2.56 bits per heavy atom. The summed E-state index contributed by atoms with van der Waals surface area (Å²) in [5.74, 6) is 0.120. The topological polar surface area (TPSA) is 80.8 Å². The smallest absolute Gasteiger partial charge is 0.346 e. The summed E-state index contributed by atoms with van der Waals surface area (Å²) in [5.41, 5.74) is 0.991. The van der Waals surface area contributed by atoms with E-state index in [2.05, 4.69) is 9.97 Å². The Hall–Kier alpha value is -1.36. The molecule has 0 aliphatic heterocycles. The first-order valence-corrected chi connectivity index (χ1v) is 2.26. The Balaban J connectivity index is 3.08. The Morgan fingerprint density at radius 1 is 1.78 bits per heavy atom. The van der Waals surface area contributed by atoms with Crippen LogP contribution in [0.5, 0.6) is 0 Å². The van der Waals surface area contributed by atoms with Gasteiger partial charge in [0.2, 0.25) is 0 Å². The molecule has 1 aromatic heterocycles. The van der Waals surface area contributed by atoms with Crippen LogP contribution in [-0.4, -0.2) is 9.97 Å². The van der Waals surface area contributed by atoms with Crippen molar-refractivity contribution in [3.63, 3.8) is 0 Å². The molecule has 0 amide bonds. The summed E-state index contributed by atoms with van der Waals surface area (Å²) >= 11 is 0. The van der Waals surface area contributed by atoms with E-state index in [9.17, 15) is 10.0 Å².